The van der Waals surface area contributed by atoms with Crippen LogP contribution in [0.1, 0.15) is 13.8 Å². The summed E-state index contributed by atoms with van der Waals surface area (Å²) < 4.78 is 0. The number of aliphatic imine (C=N–C) groups is 2. The van der Waals surface area contributed by atoms with Gasteiger partial charge in [-0.05, 0) is 0 Å². The topological polar surface area (TPSA) is 28.0 Å². The molecule has 0 aliphatic carbocycles. The fraction of sp³-hybridized carbons (Fsp3) is 0.333. The van der Waals surface area contributed by atoms with Gasteiger partial charge < -0.3 is 4.90 Å². The summed E-state index contributed by atoms with van der Waals surface area (Å²) in [7, 11) is 1.87. The molecule has 0 spiro atoms. The van der Waals surface area contributed by atoms with Crippen molar-refractivity contribution < 1.29 is 0 Å². The zero-order chi connectivity index (χ0) is 9.56. The fourth-order valence-electron chi connectivity index (χ4n) is 0.638. The lowest BCUT2D eigenvalue weighted by molar-refractivity contribution is 0.699. The Labute approximate surface area is 73.8 Å². The van der Waals surface area contributed by atoms with Crippen LogP contribution >= 0.6 is 0 Å². The van der Waals surface area contributed by atoms with Crippen LogP contribution in [0.5, 0.6) is 0 Å². The molecule has 0 saturated heterocycles. The molecule has 0 radical (unpaired) electrons. The van der Waals surface area contributed by atoms with Gasteiger partial charge in [-0.2, -0.15) is 0 Å². The SMILES string of the molecule is C=CN=C1N=CN(C)C1=C.CC. The maximum absolute atomic E-state index is 3.97. The second-order valence-electron chi connectivity index (χ2n) is 1.94. The summed E-state index contributed by atoms with van der Waals surface area (Å²) in [5.74, 6) is 0.637. The minimum atomic E-state index is 0.637. The number of hydrogen-bond donors (Lipinski definition) is 0. The molecular formula is C9H15N3. The van der Waals surface area contributed by atoms with E-state index in [4.69, 9.17) is 0 Å². The molecule has 0 fully saturated rings. The van der Waals surface area contributed by atoms with Gasteiger partial charge in [0.15, 0.2) is 5.84 Å². The zero-order valence-electron chi connectivity index (χ0n) is 7.91. The van der Waals surface area contributed by atoms with Crippen molar-refractivity contribution in [1.29, 1.82) is 0 Å². The Morgan fingerprint density at radius 1 is 1.58 bits per heavy atom. The van der Waals surface area contributed by atoms with Crippen molar-refractivity contribution >= 4 is 12.2 Å². The summed E-state index contributed by atoms with van der Waals surface area (Å²) in [6, 6.07) is 0. The summed E-state index contributed by atoms with van der Waals surface area (Å²) in [5, 5.41) is 0. The molecule has 1 aliphatic rings. The molecule has 0 N–H and O–H groups in total. The van der Waals surface area contributed by atoms with E-state index >= 15 is 0 Å². The molecule has 1 rings (SSSR count). The van der Waals surface area contributed by atoms with Gasteiger partial charge in [0.1, 0.15) is 0 Å². The first-order valence-electron chi connectivity index (χ1n) is 3.90. The van der Waals surface area contributed by atoms with Crippen molar-refractivity contribution in [2.45, 2.75) is 13.8 Å². The van der Waals surface area contributed by atoms with E-state index < -0.39 is 0 Å². The molecule has 0 bridgehead atoms. The average Bonchev–Trinajstić information content (AvgIpc) is 2.41. The summed E-state index contributed by atoms with van der Waals surface area (Å²) in [4.78, 5) is 9.67. The van der Waals surface area contributed by atoms with Crippen LogP contribution in [0.4, 0.5) is 0 Å². The van der Waals surface area contributed by atoms with Crippen molar-refractivity contribution in [2.24, 2.45) is 9.98 Å². The predicted octanol–water partition coefficient (Wildman–Crippen LogP) is 2.04. The Morgan fingerprint density at radius 2 is 2.17 bits per heavy atom. The van der Waals surface area contributed by atoms with E-state index in [1.54, 1.807) is 6.34 Å². The Kier molecular flexibility index (Phi) is 4.69. The molecule has 0 saturated carbocycles. The molecule has 0 aromatic carbocycles. The highest BCUT2D eigenvalue weighted by Crippen LogP contribution is 2.07. The van der Waals surface area contributed by atoms with E-state index in [1.807, 2.05) is 25.8 Å². The highest BCUT2D eigenvalue weighted by molar-refractivity contribution is 6.07. The van der Waals surface area contributed by atoms with Gasteiger partial charge in [0.25, 0.3) is 0 Å². The second-order valence-corrected chi connectivity index (χ2v) is 1.94. The highest BCUT2D eigenvalue weighted by atomic mass is 15.2. The van der Waals surface area contributed by atoms with E-state index in [2.05, 4.69) is 23.1 Å². The van der Waals surface area contributed by atoms with Crippen LogP contribution in [0.15, 0.2) is 35.0 Å². The maximum atomic E-state index is 3.97. The molecular weight excluding hydrogens is 150 g/mol. The molecule has 12 heavy (non-hydrogen) atoms. The van der Waals surface area contributed by atoms with Gasteiger partial charge in [-0.1, -0.05) is 27.0 Å². The molecule has 1 aliphatic heterocycles. The lowest BCUT2D eigenvalue weighted by Crippen LogP contribution is -2.11. The minimum absolute atomic E-state index is 0.637. The number of amidine groups is 1. The third-order valence-corrected chi connectivity index (χ3v) is 1.25. The molecule has 0 aromatic heterocycles. The monoisotopic (exact) mass is 165 g/mol. The van der Waals surface area contributed by atoms with Crippen LogP contribution in [0.3, 0.4) is 0 Å². The number of likely N-dealkylation sites (N-methyl/N-ethyl adjacent to an activating group) is 1. The van der Waals surface area contributed by atoms with Crippen LogP contribution in [0.25, 0.3) is 0 Å². The van der Waals surface area contributed by atoms with Gasteiger partial charge in [-0.25, -0.2) is 9.98 Å². The van der Waals surface area contributed by atoms with Crippen LogP contribution in [0, 0.1) is 0 Å². The molecule has 66 valence electrons. The zero-order valence-corrected chi connectivity index (χ0v) is 7.91. The molecule has 3 nitrogen and oxygen atoms in total. The minimum Gasteiger partial charge on any atom is -0.333 e. The largest absolute Gasteiger partial charge is 0.333 e. The normalized spacial score (nSPS) is 17.8. The van der Waals surface area contributed by atoms with E-state index in [9.17, 15) is 0 Å². The van der Waals surface area contributed by atoms with E-state index in [0.29, 0.717) is 5.84 Å². The van der Waals surface area contributed by atoms with E-state index in [-0.39, 0.29) is 0 Å². The average molecular weight is 165 g/mol. The third-order valence-electron chi connectivity index (χ3n) is 1.25. The molecule has 1 heterocycles. The second kappa shape index (κ2) is 5.29. The molecule has 0 aromatic rings. The lowest BCUT2D eigenvalue weighted by Gasteiger charge is -2.05. The maximum Gasteiger partial charge on any atom is 0.176 e. The molecule has 0 atom stereocenters. The van der Waals surface area contributed by atoms with Gasteiger partial charge in [-0.3, -0.25) is 0 Å². The quantitative estimate of drug-likeness (QED) is 0.584. The van der Waals surface area contributed by atoms with Gasteiger partial charge in [0, 0.05) is 13.2 Å². The molecule has 0 unspecified atom stereocenters. The Balaban J connectivity index is 0.000000561. The first-order valence-corrected chi connectivity index (χ1v) is 3.90. The molecule has 3 heteroatoms. The van der Waals surface area contributed by atoms with E-state index in [1.165, 1.54) is 6.20 Å². The van der Waals surface area contributed by atoms with Gasteiger partial charge in [0.05, 0.1) is 12.0 Å². The number of nitrogens with zero attached hydrogens (tertiary/aromatic N) is 3. The van der Waals surface area contributed by atoms with Gasteiger partial charge in [0.2, 0.25) is 0 Å². The first kappa shape index (κ1) is 10.6. The first-order chi connectivity index (χ1) is 5.75. The predicted molar refractivity (Wildman–Crippen MR) is 54.4 cm³/mol. The summed E-state index contributed by atoms with van der Waals surface area (Å²) in [6.07, 6.45) is 3.13. The van der Waals surface area contributed by atoms with Crippen molar-refractivity contribution in [3.8, 4) is 0 Å². The van der Waals surface area contributed by atoms with Crippen molar-refractivity contribution in [1.82, 2.24) is 4.90 Å². The smallest absolute Gasteiger partial charge is 0.176 e. The Bertz CT molecular complexity index is 226. The van der Waals surface area contributed by atoms with Crippen LogP contribution in [-0.4, -0.2) is 24.1 Å². The number of hydrogen-bond acceptors (Lipinski definition) is 2. The summed E-state index contributed by atoms with van der Waals surface area (Å²) in [5.41, 5.74) is 0.805. The van der Waals surface area contributed by atoms with Crippen LogP contribution < -0.4 is 0 Å². The van der Waals surface area contributed by atoms with Gasteiger partial charge in [-0.15, -0.1) is 0 Å². The third kappa shape index (κ3) is 2.34. The van der Waals surface area contributed by atoms with Crippen LogP contribution in [-0.2, 0) is 0 Å². The van der Waals surface area contributed by atoms with Crippen molar-refractivity contribution in [3.05, 3.63) is 25.1 Å². The van der Waals surface area contributed by atoms with Crippen molar-refractivity contribution in [3.63, 3.8) is 0 Å². The summed E-state index contributed by atoms with van der Waals surface area (Å²) in [6.45, 7) is 11.2. The van der Waals surface area contributed by atoms with E-state index in [0.717, 1.165) is 5.70 Å². The Hall–Kier alpha value is -1.38. The van der Waals surface area contributed by atoms with Crippen LogP contribution in [0.2, 0.25) is 0 Å². The Morgan fingerprint density at radius 3 is 2.50 bits per heavy atom. The van der Waals surface area contributed by atoms with Gasteiger partial charge >= 0.3 is 0 Å². The lowest BCUT2D eigenvalue weighted by atomic mass is 10.4. The standard InChI is InChI=1S/C7H9N3.C2H6/c1-4-8-7-6(2)10(3)5-9-7;1-2/h4-5H,1-2H2,3H3;1-2H3. The fourth-order valence-corrected chi connectivity index (χ4v) is 0.638. The summed E-state index contributed by atoms with van der Waals surface area (Å²) >= 11 is 0. The molecule has 0 amide bonds. The van der Waals surface area contributed by atoms with Crippen molar-refractivity contribution in [2.75, 3.05) is 7.05 Å². The highest BCUT2D eigenvalue weighted by Gasteiger charge is 2.11. The number of rotatable bonds is 1.